The van der Waals surface area contributed by atoms with Gasteiger partial charge < -0.3 is 10.1 Å². The third kappa shape index (κ3) is 4.09. The normalized spacial score (nSPS) is 17.2. The number of rotatable bonds is 6. The van der Waals surface area contributed by atoms with Gasteiger partial charge in [-0.2, -0.15) is 4.31 Å². The molecule has 1 N–H and O–H groups in total. The molecule has 0 radical (unpaired) electrons. The lowest BCUT2D eigenvalue weighted by molar-refractivity contribution is 0.0730. The van der Waals surface area contributed by atoms with Crippen LogP contribution in [0, 0.1) is 6.92 Å². The number of pyridine rings is 1. The molecule has 8 heteroatoms. The Morgan fingerprint density at radius 3 is 2.65 bits per heavy atom. The first kappa shape index (κ1) is 19.3. The van der Waals surface area contributed by atoms with E-state index in [2.05, 4.69) is 37.1 Å². The predicted octanol–water partition coefficient (Wildman–Crippen LogP) is 3.21. The van der Waals surface area contributed by atoms with Crippen molar-refractivity contribution in [3.05, 3.63) is 39.7 Å². The summed E-state index contributed by atoms with van der Waals surface area (Å²) in [5, 5.41) is 3.35. The topological polar surface area (TPSA) is 71.5 Å². The summed E-state index contributed by atoms with van der Waals surface area (Å²) in [7, 11) is -3.50. The molecule has 3 heterocycles. The zero-order valence-electron chi connectivity index (χ0n) is 15.4. The van der Waals surface area contributed by atoms with E-state index in [1.54, 1.807) is 12.1 Å². The number of hydrogen-bond acceptors (Lipinski definition) is 6. The first-order valence-corrected chi connectivity index (χ1v) is 11.1. The van der Waals surface area contributed by atoms with Crippen molar-refractivity contribution in [1.29, 1.82) is 0 Å². The van der Waals surface area contributed by atoms with Crippen LogP contribution in [0.2, 0.25) is 0 Å². The molecule has 2 aromatic heterocycles. The van der Waals surface area contributed by atoms with E-state index in [-0.39, 0.29) is 10.9 Å². The second-order valence-electron chi connectivity index (χ2n) is 6.37. The molecular formula is C18H25N3O3S2. The Kier molecular flexibility index (Phi) is 5.96. The van der Waals surface area contributed by atoms with E-state index in [1.165, 1.54) is 25.8 Å². The van der Waals surface area contributed by atoms with Crippen molar-refractivity contribution in [2.75, 3.05) is 31.6 Å². The van der Waals surface area contributed by atoms with E-state index in [4.69, 9.17) is 4.74 Å². The monoisotopic (exact) mass is 395 g/mol. The third-order valence-electron chi connectivity index (χ3n) is 4.50. The highest BCUT2D eigenvalue weighted by molar-refractivity contribution is 7.89. The van der Waals surface area contributed by atoms with Gasteiger partial charge in [0, 0.05) is 29.0 Å². The van der Waals surface area contributed by atoms with Crippen LogP contribution in [0.15, 0.2) is 29.3 Å². The van der Waals surface area contributed by atoms with Gasteiger partial charge in [-0.25, -0.2) is 13.4 Å². The van der Waals surface area contributed by atoms with Crippen molar-refractivity contribution >= 4 is 27.2 Å². The Morgan fingerprint density at radius 2 is 2.08 bits per heavy atom. The second kappa shape index (κ2) is 8.04. The summed E-state index contributed by atoms with van der Waals surface area (Å²) in [6.45, 7) is 8.02. The molecule has 1 unspecified atom stereocenters. The molecule has 1 saturated heterocycles. The summed E-state index contributed by atoms with van der Waals surface area (Å²) >= 11 is 1.81. The SMILES string of the molecule is CCc1sc(C(C)Nc2ccc(S(=O)(=O)N3CCOCC3)cn2)cc1C. The van der Waals surface area contributed by atoms with Crippen LogP contribution in [-0.4, -0.2) is 44.0 Å². The lowest BCUT2D eigenvalue weighted by Gasteiger charge is -2.26. The first-order chi connectivity index (χ1) is 12.4. The van der Waals surface area contributed by atoms with Crippen molar-refractivity contribution in [1.82, 2.24) is 9.29 Å². The largest absolute Gasteiger partial charge is 0.379 e. The highest BCUT2D eigenvalue weighted by atomic mass is 32.2. The van der Waals surface area contributed by atoms with Gasteiger partial charge in [0.2, 0.25) is 10.0 Å². The van der Waals surface area contributed by atoms with E-state index < -0.39 is 10.0 Å². The average Bonchev–Trinajstić information content (AvgIpc) is 3.04. The van der Waals surface area contributed by atoms with Gasteiger partial charge in [0.25, 0.3) is 0 Å². The maximum absolute atomic E-state index is 12.6. The Morgan fingerprint density at radius 1 is 1.35 bits per heavy atom. The quantitative estimate of drug-likeness (QED) is 0.813. The molecule has 6 nitrogen and oxygen atoms in total. The fraction of sp³-hybridized carbons (Fsp3) is 0.500. The number of sulfonamides is 1. The molecule has 1 aliphatic heterocycles. The average molecular weight is 396 g/mol. The molecule has 1 fully saturated rings. The van der Waals surface area contributed by atoms with Gasteiger partial charge in [-0.15, -0.1) is 11.3 Å². The Hall–Kier alpha value is -1.48. The summed E-state index contributed by atoms with van der Waals surface area (Å²) in [5.41, 5.74) is 1.32. The first-order valence-electron chi connectivity index (χ1n) is 8.81. The molecule has 1 atom stereocenters. The summed E-state index contributed by atoms with van der Waals surface area (Å²) in [6.07, 6.45) is 2.46. The third-order valence-corrected chi connectivity index (χ3v) is 7.94. The van der Waals surface area contributed by atoms with Crippen LogP contribution in [0.25, 0.3) is 0 Å². The molecule has 0 spiro atoms. The van der Waals surface area contributed by atoms with Crippen LogP contribution >= 0.6 is 11.3 Å². The summed E-state index contributed by atoms with van der Waals surface area (Å²) < 4.78 is 31.9. The molecule has 0 aromatic carbocycles. The van der Waals surface area contributed by atoms with Crippen LogP contribution in [0.3, 0.4) is 0 Å². The molecule has 1 aliphatic rings. The maximum atomic E-state index is 12.6. The van der Waals surface area contributed by atoms with Gasteiger partial charge in [0.05, 0.1) is 19.3 Å². The van der Waals surface area contributed by atoms with Crippen LogP contribution in [0.5, 0.6) is 0 Å². The molecule has 2 aromatic rings. The summed E-state index contributed by atoms with van der Waals surface area (Å²) in [4.78, 5) is 7.18. The molecule has 0 amide bonds. The predicted molar refractivity (Wildman–Crippen MR) is 104 cm³/mol. The minimum absolute atomic E-state index is 0.119. The number of anilines is 1. The maximum Gasteiger partial charge on any atom is 0.244 e. The van der Waals surface area contributed by atoms with Crippen LogP contribution < -0.4 is 5.32 Å². The van der Waals surface area contributed by atoms with Crippen LogP contribution in [0.4, 0.5) is 5.82 Å². The van der Waals surface area contributed by atoms with Gasteiger partial charge >= 0.3 is 0 Å². The van der Waals surface area contributed by atoms with E-state index in [0.717, 1.165) is 6.42 Å². The zero-order valence-corrected chi connectivity index (χ0v) is 17.0. The van der Waals surface area contributed by atoms with Crippen LogP contribution in [0.1, 0.15) is 35.2 Å². The lowest BCUT2D eigenvalue weighted by Crippen LogP contribution is -2.40. The van der Waals surface area contributed by atoms with Gasteiger partial charge in [0.15, 0.2) is 0 Å². The van der Waals surface area contributed by atoms with Crippen molar-refractivity contribution in [3.63, 3.8) is 0 Å². The van der Waals surface area contributed by atoms with Crippen molar-refractivity contribution in [3.8, 4) is 0 Å². The molecule has 26 heavy (non-hydrogen) atoms. The number of aromatic nitrogens is 1. The molecule has 0 saturated carbocycles. The molecule has 0 bridgehead atoms. The standard InChI is InChI=1S/C18H25N3O3S2/c1-4-16-13(2)11-17(25-16)14(3)20-18-6-5-15(12-19-18)26(22,23)21-7-9-24-10-8-21/h5-6,11-12,14H,4,7-10H2,1-3H3,(H,19,20). The van der Waals surface area contributed by atoms with Gasteiger partial charge in [-0.05, 0) is 44.0 Å². The second-order valence-corrected chi connectivity index (χ2v) is 9.48. The Labute approximate surface area is 159 Å². The van der Waals surface area contributed by atoms with E-state index in [0.29, 0.717) is 32.1 Å². The highest BCUT2D eigenvalue weighted by Crippen LogP contribution is 2.29. The lowest BCUT2D eigenvalue weighted by atomic mass is 10.2. The van der Waals surface area contributed by atoms with Crippen molar-refractivity contribution < 1.29 is 13.2 Å². The summed E-state index contributed by atoms with van der Waals surface area (Å²) in [5.74, 6) is 0.669. The Balaban J connectivity index is 1.70. The number of thiophene rings is 1. The number of ether oxygens (including phenoxy) is 1. The number of nitrogens with one attached hydrogen (secondary N) is 1. The number of hydrogen-bond donors (Lipinski definition) is 1. The van der Waals surface area contributed by atoms with Gasteiger partial charge in [-0.3, -0.25) is 0 Å². The van der Waals surface area contributed by atoms with Crippen LogP contribution in [-0.2, 0) is 21.2 Å². The van der Waals surface area contributed by atoms with Crippen molar-refractivity contribution in [2.45, 2.75) is 38.1 Å². The zero-order chi connectivity index (χ0) is 18.7. The van der Waals surface area contributed by atoms with Gasteiger partial charge in [0.1, 0.15) is 10.7 Å². The Bertz CT molecular complexity index is 841. The summed E-state index contributed by atoms with van der Waals surface area (Å²) in [6, 6.07) is 5.67. The molecule has 3 rings (SSSR count). The van der Waals surface area contributed by atoms with E-state index in [1.807, 2.05) is 11.3 Å². The van der Waals surface area contributed by atoms with Crippen molar-refractivity contribution in [2.24, 2.45) is 0 Å². The van der Waals surface area contributed by atoms with Gasteiger partial charge in [-0.1, -0.05) is 6.92 Å². The smallest absolute Gasteiger partial charge is 0.244 e. The highest BCUT2D eigenvalue weighted by Gasteiger charge is 2.26. The van der Waals surface area contributed by atoms with E-state index in [9.17, 15) is 8.42 Å². The number of morpholine rings is 1. The minimum atomic E-state index is -3.50. The number of nitrogens with zero attached hydrogens (tertiary/aromatic N) is 2. The fourth-order valence-corrected chi connectivity index (χ4v) is 5.43. The van der Waals surface area contributed by atoms with E-state index >= 15 is 0 Å². The molecular weight excluding hydrogens is 370 g/mol. The molecule has 0 aliphatic carbocycles. The minimum Gasteiger partial charge on any atom is -0.379 e. The molecule has 142 valence electrons. The number of aryl methyl sites for hydroxylation is 2. The fourth-order valence-electron chi connectivity index (χ4n) is 2.96.